The molecule has 3 atom stereocenters. The molecule has 0 aliphatic carbocycles. The first-order valence-electron chi connectivity index (χ1n) is 10.7. The van der Waals surface area contributed by atoms with Gasteiger partial charge in [0.05, 0.1) is 0 Å². The highest BCUT2D eigenvalue weighted by Crippen LogP contribution is 2.35. The first-order chi connectivity index (χ1) is 15.2. The second kappa shape index (κ2) is 8.72. The zero-order valence-electron chi connectivity index (χ0n) is 18.0. The highest BCUT2D eigenvalue weighted by atomic mass is 19.2. The molecule has 1 aromatic carbocycles. The number of aromatic nitrogens is 1. The minimum absolute atomic E-state index is 0.0242. The second-order valence-electron chi connectivity index (χ2n) is 8.89. The Hall–Kier alpha value is -3.23. The van der Waals surface area contributed by atoms with Gasteiger partial charge in [-0.25, -0.2) is 13.6 Å². The summed E-state index contributed by atoms with van der Waals surface area (Å²) in [5, 5.41) is 5.34. The van der Waals surface area contributed by atoms with Crippen LogP contribution in [0, 0.1) is 23.5 Å². The molecule has 1 fully saturated rings. The van der Waals surface area contributed by atoms with Crippen LogP contribution in [0.2, 0.25) is 0 Å². The van der Waals surface area contributed by atoms with E-state index in [0.29, 0.717) is 19.6 Å². The third kappa shape index (κ3) is 4.37. The smallest absolute Gasteiger partial charge is 0.318 e. The second-order valence-corrected chi connectivity index (χ2v) is 8.89. The SMILES string of the molecule is CC(C)[C@H](NC(=O)N1C[C@H]2C[C@@H](C1)c1cccc(=O)n1C2)C(=O)Nc1ccc(F)c(F)c1. The predicted octanol–water partition coefficient (Wildman–Crippen LogP) is 2.92. The largest absolute Gasteiger partial charge is 0.326 e. The maximum absolute atomic E-state index is 13.5. The minimum Gasteiger partial charge on any atom is -0.326 e. The zero-order chi connectivity index (χ0) is 23.0. The van der Waals surface area contributed by atoms with E-state index in [1.165, 1.54) is 6.07 Å². The third-order valence-corrected chi connectivity index (χ3v) is 6.18. The fourth-order valence-corrected chi connectivity index (χ4v) is 4.62. The first-order valence-corrected chi connectivity index (χ1v) is 10.7. The predicted molar refractivity (Wildman–Crippen MR) is 115 cm³/mol. The van der Waals surface area contributed by atoms with Crippen LogP contribution in [0.3, 0.4) is 0 Å². The van der Waals surface area contributed by atoms with E-state index in [2.05, 4.69) is 10.6 Å². The Morgan fingerprint density at radius 1 is 1.06 bits per heavy atom. The Bertz CT molecular complexity index is 1100. The van der Waals surface area contributed by atoms with Crippen LogP contribution in [-0.4, -0.2) is 40.5 Å². The summed E-state index contributed by atoms with van der Waals surface area (Å²) in [6.07, 6.45) is 0.914. The number of amides is 3. The molecule has 2 aliphatic rings. The van der Waals surface area contributed by atoms with Crippen molar-refractivity contribution in [2.24, 2.45) is 11.8 Å². The maximum Gasteiger partial charge on any atom is 0.318 e. The lowest BCUT2D eigenvalue weighted by molar-refractivity contribution is -0.118. The highest BCUT2D eigenvalue weighted by Gasteiger charge is 2.37. The number of nitrogens with zero attached hydrogens (tertiary/aromatic N) is 2. The topological polar surface area (TPSA) is 83.4 Å². The summed E-state index contributed by atoms with van der Waals surface area (Å²) in [7, 11) is 0. The van der Waals surface area contributed by atoms with Gasteiger partial charge in [0.25, 0.3) is 5.56 Å². The monoisotopic (exact) mass is 444 g/mol. The molecule has 2 bridgehead atoms. The van der Waals surface area contributed by atoms with Crippen molar-refractivity contribution in [2.75, 3.05) is 18.4 Å². The third-order valence-electron chi connectivity index (χ3n) is 6.18. The van der Waals surface area contributed by atoms with Gasteiger partial charge in [0.15, 0.2) is 11.6 Å². The number of carbonyl (C=O) groups is 2. The van der Waals surface area contributed by atoms with Crippen LogP contribution in [-0.2, 0) is 11.3 Å². The van der Waals surface area contributed by atoms with E-state index in [1.807, 2.05) is 6.07 Å². The molecule has 1 aromatic heterocycles. The van der Waals surface area contributed by atoms with Crippen molar-refractivity contribution in [1.29, 1.82) is 0 Å². The summed E-state index contributed by atoms with van der Waals surface area (Å²) in [4.78, 5) is 39.7. The number of halogens is 2. The number of hydrogen-bond donors (Lipinski definition) is 2. The van der Waals surface area contributed by atoms with Gasteiger partial charge in [0.1, 0.15) is 6.04 Å². The summed E-state index contributed by atoms with van der Waals surface area (Å²) in [5.74, 6) is -2.57. The lowest BCUT2D eigenvalue weighted by Crippen LogP contribution is -2.56. The molecular weight excluding hydrogens is 418 g/mol. The number of rotatable bonds is 4. The van der Waals surface area contributed by atoms with Gasteiger partial charge in [-0.15, -0.1) is 0 Å². The van der Waals surface area contributed by atoms with Crippen LogP contribution in [0.1, 0.15) is 31.9 Å². The average Bonchev–Trinajstić information content (AvgIpc) is 2.74. The van der Waals surface area contributed by atoms with Gasteiger partial charge in [-0.2, -0.15) is 0 Å². The highest BCUT2D eigenvalue weighted by molar-refractivity contribution is 5.97. The molecule has 2 aliphatic heterocycles. The molecule has 2 N–H and O–H groups in total. The molecule has 0 spiro atoms. The molecule has 170 valence electrons. The summed E-state index contributed by atoms with van der Waals surface area (Å²) in [6.45, 7) is 5.12. The van der Waals surface area contributed by atoms with Gasteiger partial charge in [-0.05, 0) is 36.5 Å². The van der Waals surface area contributed by atoms with Crippen LogP contribution in [0.5, 0.6) is 0 Å². The molecule has 4 rings (SSSR count). The Labute approximate surface area is 184 Å². The molecule has 0 saturated carbocycles. The molecule has 3 heterocycles. The van der Waals surface area contributed by atoms with Crippen LogP contribution in [0.15, 0.2) is 41.2 Å². The van der Waals surface area contributed by atoms with Crippen molar-refractivity contribution in [3.05, 3.63) is 64.1 Å². The molecule has 3 amide bonds. The summed E-state index contributed by atoms with van der Waals surface area (Å²) >= 11 is 0. The zero-order valence-corrected chi connectivity index (χ0v) is 18.0. The lowest BCUT2D eigenvalue weighted by atomic mass is 9.83. The quantitative estimate of drug-likeness (QED) is 0.761. The Morgan fingerprint density at radius 3 is 2.56 bits per heavy atom. The molecule has 7 nitrogen and oxygen atoms in total. The molecular formula is C23H26F2N4O3. The Balaban J connectivity index is 1.45. The minimum atomic E-state index is -1.06. The number of urea groups is 1. The fourth-order valence-electron chi connectivity index (χ4n) is 4.62. The van der Waals surface area contributed by atoms with E-state index in [1.54, 1.807) is 35.4 Å². The summed E-state index contributed by atoms with van der Waals surface area (Å²) in [5.41, 5.74) is 1.02. The van der Waals surface area contributed by atoms with E-state index in [-0.39, 0.29) is 35.0 Å². The van der Waals surface area contributed by atoms with E-state index < -0.39 is 23.6 Å². The average molecular weight is 444 g/mol. The number of anilines is 1. The van der Waals surface area contributed by atoms with E-state index >= 15 is 0 Å². The number of hydrogen-bond acceptors (Lipinski definition) is 3. The Morgan fingerprint density at radius 2 is 1.84 bits per heavy atom. The molecule has 2 aromatic rings. The van der Waals surface area contributed by atoms with Crippen molar-refractivity contribution >= 4 is 17.6 Å². The van der Waals surface area contributed by atoms with Crippen molar-refractivity contribution < 1.29 is 18.4 Å². The maximum atomic E-state index is 13.5. The summed E-state index contributed by atoms with van der Waals surface area (Å²) in [6, 6.07) is 7.11. The standard InChI is InChI=1S/C23H26F2N4O3/c1-13(2)21(22(31)26-16-6-7-17(24)18(25)9-16)27-23(32)28-10-14-8-15(12-28)19-4-3-5-20(30)29(19)11-14/h3-7,9,13-15,21H,8,10-12H2,1-2H3,(H,26,31)(H,27,32)/t14-,15+,21+/m1/s1. The molecule has 0 radical (unpaired) electrons. The Kier molecular flexibility index (Phi) is 5.99. The molecule has 9 heteroatoms. The van der Waals surface area contributed by atoms with Crippen molar-refractivity contribution in [3.8, 4) is 0 Å². The van der Waals surface area contributed by atoms with E-state index in [9.17, 15) is 23.2 Å². The van der Waals surface area contributed by atoms with E-state index in [4.69, 9.17) is 0 Å². The number of carbonyl (C=O) groups excluding carboxylic acids is 2. The van der Waals surface area contributed by atoms with Crippen molar-refractivity contribution in [1.82, 2.24) is 14.8 Å². The summed E-state index contributed by atoms with van der Waals surface area (Å²) < 4.78 is 28.4. The molecule has 0 unspecified atom stereocenters. The number of piperidine rings is 1. The fraction of sp³-hybridized carbons (Fsp3) is 0.435. The van der Waals surface area contributed by atoms with E-state index in [0.717, 1.165) is 24.2 Å². The number of fused-ring (bicyclic) bond motifs is 4. The molecule has 1 saturated heterocycles. The van der Waals surface area contributed by atoms with Crippen molar-refractivity contribution in [2.45, 2.75) is 38.8 Å². The van der Waals surface area contributed by atoms with Crippen LogP contribution in [0.4, 0.5) is 19.3 Å². The van der Waals surface area contributed by atoms with Crippen LogP contribution < -0.4 is 16.2 Å². The van der Waals surface area contributed by atoms with Gasteiger partial charge < -0.3 is 20.1 Å². The van der Waals surface area contributed by atoms with Gasteiger partial charge in [-0.1, -0.05) is 19.9 Å². The van der Waals surface area contributed by atoms with Crippen molar-refractivity contribution in [3.63, 3.8) is 0 Å². The van der Waals surface area contributed by atoms with Gasteiger partial charge in [0.2, 0.25) is 5.91 Å². The number of benzene rings is 1. The van der Waals surface area contributed by atoms with Crippen LogP contribution in [0.25, 0.3) is 0 Å². The number of likely N-dealkylation sites (tertiary alicyclic amines) is 1. The molecule has 32 heavy (non-hydrogen) atoms. The number of pyridine rings is 1. The first kappa shape index (κ1) is 22.0. The normalized spacial score (nSPS) is 20.5. The van der Waals surface area contributed by atoms with Crippen LogP contribution >= 0.6 is 0 Å². The number of nitrogens with one attached hydrogen (secondary N) is 2. The van der Waals surface area contributed by atoms with Gasteiger partial charge in [0, 0.05) is 49.1 Å². The van der Waals surface area contributed by atoms with Gasteiger partial charge >= 0.3 is 6.03 Å². The lowest BCUT2D eigenvalue weighted by Gasteiger charge is -2.43. The van der Waals surface area contributed by atoms with Gasteiger partial charge in [-0.3, -0.25) is 9.59 Å².